The lowest BCUT2D eigenvalue weighted by molar-refractivity contribution is 0.102. The van der Waals surface area contributed by atoms with Gasteiger partial charge in [-0.1, -0.05) is 38.1 Å². The highest BCUT2D eigenvalue weighted by Gasteiger charge is 2.14. The van der Waals surface area contributed by atoms with Crippen LogP contribution in [0.4, 0.5) is 11.6 Å². The van der Waals surface area contributed by atoms with Gasteiger partial charge < -0.3 is 10.2 Å². The molecule has 0 spiro atoms. The lowest BCUT2D eigenvalue weighted by Crippen LogP contribution is -2.20. The van der Waals surface area contributed by atoms with E-state index in [-0.39, 0.29) is 5.91 Å². The summed E-state index contributed by atoms with van der Waals surface area (Å²) in [5.41, 5.74) is 4.62. The maximum absolute atomic E-state index is 12.5. The van der Waals surface area contributed by atoms with Crippen LogP contribution in [-0.4, -0.2) is 29.0 Å². The van der Waals surface area contributed by atoms with E-state index in [0.717, 1.165) is 35.9 Å². The number of anilines is 2. The number of amides is 1. The van der Waals surface area contributed by atoms with Crippen LogP contribution in [0.15, 0.2) is 60.9 Å². The van der Waals surface area contributed by atoms with E-state index in [0.29, 0.717) is 11.5 Å². The zero-order valence-electron chi connectivity index (χ0n) is 16.9. The van der Waals surface area contributed by atoms with Crippen LogP contribution in [0.2, 0.25) is 0 Å². The largest absolute Gasteiger partial charge is 0.341 e. The Morgan fingerprint density at radius 1 is 0.897 bits per heavy atom. The molecule has 0 atom stereocenters. The number of aromatic nitrogens is 2. The lowest BCUT2D eigenvalue weighted by atomic mass is 10.0. The molecule has 29 heavy (non-hydrogen) atoms. The first-order valence-electron chi connectivity index (χ1n) is 10.2. The first-order valence-corrected chi connectivity index (χ1v) is 10.2. The minimum Gasteiger partial charge on any atom is -0.341 e. The van der Waals surface area contributed by atoms with E-state index in [2.05, 4.69) is 46.2 Å². The van der Waals surface area contributed by atoms with Crippen molar-refractivity contribution in [2.45, 2.75) is 32.6 Å². The van der Waals surface area contributed by atoms with E-state index in [1.165, 1.54) is 18.4 Å². The fraction of sp³-hybridized carbons (Fsp3) is 0.292. The number of nitrogens with zero attached hydrogens (tertiary/aromatic N) is 3. The lowest BCUT2D eigenvalue weighted by Gasteiger charge is -2.14. The quantitative estimate of drug-likeness (QED) is 0.661. The van der Waals surface area contributed by atoms with Crippen LogP contribution in [0.25, 0.3) is 11.1 Å². The summed E-state index contributed by atoms with van der Waals surface area (Å²) in [5, 5.41) is 2.95. The summed E-state index contributed by atoms with van der Waals surface area (Å²) in [6.45, 7) is 6.37. The molecule has 1 aromatic heterocycles. The van der Waals surface area contributed by atoms with Gasteiger partial charge in [0.15, 0.2) is 0 Å². The third-order valence-corrected chi connectivity index (χ3v) is 5.34. The molecule has 148 valence electrons. The number of carbonyl (C=O) groups is 1. The van der Waals surface area contributed by atoms with Crippen LogP contribution in [0.1, 0.15) is 48.5 Å². The Morgan fingerprint density at radius 3 is 2.10 bits per heavy atom. The van der Waals surface area contributed by atoms with Gasteiger partial charge in [-0.3, -0.25) is 4.79 Å². The van der Waals surface area contributed by atoms with Crippen LogP contribution in [0.3, 0.4) is 0 Å². The smallest absolute Gasteiger partial charge is 0.255 e. The predicted octanol–water partition coefficient (Wildman–Crippen LogP) is 5.12. The van der Waals surface area contributed by atoms with E-state index in [1.54, 1.807) is 0 Å². The third kappa shape index (κ3) is 4.45. The van der Waals surface area contributed by atoms with Crippen LogP contribution in [-0.2, 0) is 0 Å². The number of hydrogen-bond acceptors (Lipinski definition) is 4. The Bertz CT molecular complexity index is 957. The van der Waals surface area contributed by atoms with Gasteiger partial charge in [-0.15, -0.1) is 0 Å². The SMILES string of the molecule is CC(C)c1ccc(NC(=O)c2ccc(-c3cnc(N4CCCC4)nc3)cc2)cc1. The zero-order valence-corrected chi connectivity index (χ0v) is 16.9. The van der Waals surface area contributed by atoms with Crippen molar-refractivity contribution in [1.29, 1.82) is 0 Å². The molecule has 0 bridgehead atoms. The molecule has 0 unspecified atom stereocenters. The highest BCUT2D eigenvalue weighted by Crippen LogP contribution is 2.22. The van der Waals surface area contributed by atoms with E-state index < -0.39 is 0 Å². The summed E-state index contributed by atoms with van der Waals surface area (Å²) in [6.07, 6.45) is 6.12. The van der Waals surface area contributed by atoms with Crippen molar-refractivity contribution in [3.05, 3.63) is 72.1 Å². The summed E-state index contributed by atoms with van der Waals surface area (Å²) in [7, 11) is 0. The monoisotopic (exact) mass is 386 g/mol. The van der Waals surface area contributed by atoms with E-state index in [1.807, 2.05) is 48.8 Å². The van der Waals surface area contributed by atoms with Crippen molar-refractivity contribution < 1.29 is 4.79 Å². The second-order valence-electron chi connectivity index (χ2n) is 7.77. The fourth-order valence-electron chi connectivity index (χ4n) is 3.52. The molecular weight excluding hydrogens is 360 g/mol. The molecule has 2 heterocycles. The van der Waals surface area contributed by atoms with Crippen molar-refractivity contribution in [2.24, 2.45) is 0 Å². The minimum atomic E-state index is -0.116. The molecule has 5 heteroatoms. The van der Waals surface area contributed by atoms with Crippen molar-refractivity contribution >= 4 is 17.5 Å². The molecule has 2 aromatic carbocycles. The van der Waals surface area contributed by atoms with Gasteiger partial charge in [0, 0.05) is 42.3 Å². The van der Waals surface area contributed by atoms with Crippen molar-refractivity contribution in [2.75, 3.05) is 23.3 Å². The van der Waals surface area contributed by atoms with E-state index in [4.69, 9.17) is 0 Å². The van der Waals surface area contributed by atoms with Gasteiger partial charge in [0.05, 0.1) is 0 Å². The third-order valence-electron chi connectivity index (χ3n) is 5.34. The minimum absolute atomic E-state index is 0.116. The van der Waals surface area contributed by atoms with E-state index >= 15 is 0 Å². The van der Waals surface area contributed by atoms with Gasteiger partial charge in [0.25, 0.3) is 5.91 Å². The Kier molecular flexibility index (Phi) is 5.56. The number of carbonyl (C=O) groups excluding carboxylic acids is 1. The van der Waals surface area contributed by atoms with Gasteiger partial charge in [-0.25, -0.2) is 9.97 Å². The Morgan fingerprint density at radius 2 is 1.52 bits per heavy atom. The molecule has 0 saturated carbocycles. The highest BCUT2D eigenvalue weighted by molar-refractivity contribution is 6.04. The molecule has 1 N–H and O–H groups in total. The summed E-state index contributed by atoms with van der Waals surface area (Å²) >= 11 is 0. The standard InChI is InChI=1S/C24H26N4O/c1-17(2)18-9-11-22(12-10-18)27-23(29)20-7-5-19(6-8-20)21-15-25-24(26-16-21)28-13-3-4-14-28/h5-12,15-17H,3-4,13-14H2,1-2H3,(H,27,29). The maximum Gasteiger partial charge on any atom is 0.255 e. The molecular formula is C24H26N4O. The van der Waals surface area contributed by atoms with Crippen LogP contribution >= 0.6 is 0 Å². The molecule has 1 saturated heterocycles. The zero-order chi connectivity index (χ0) is 20.2. The van der Waals surface area contributed by atoms with Crippen LogP contribution in [0.5, 0.6) is 0 Å². The Labute approximate surface area is 171 Å². The van der Waals surface area contributed by atoms with Gasteiger partial charge in [0.2, 0.25) is 5.95 Å². The maximum atomic E-state index is 12.5. The van der Waals surface area contributed by atoms with Gasteiger partial charge in [-0.2, -0.15) is 0 Å². The average Bonchev–Trinajstić information content (AvgIpc) is 3.29. The Balaban J connectivity index is 1.42. The molecule has 3 aromatic rings. The molecule has 0 radical (unpaired) electrons. The van der Waals surface area contributed by atoms with Gasteiger partial charge in [-0.05, 0) is 54.2 Å². The summed E-state index contributed by atoms with van der Waals surface area (Å²) in [5.74, 6) is 1.15. The summed E-state index contributed by atoms with van der Waals surface area (Å²) in [4.78, 5) is 23.8. The van der Waals surface area contributed by atoms with Crippen LogP contribution < -0.4 is 10.2 Å². The van der Waals surface area contributed by atoms with Gasteiger partial charge >= 0.3 is 0 Å². The number of nitrogens with one attached hydrogen (secondary N) is 1. The first-order chi connectivity index (χ1) is 14.1. The molecule has 0 aliphatic carbocycles. The average molecular weight is 386 g/mol. The van der Waals surface area contributed by atoms with Crippen molar-refractivity contribution in [3.63, 3.8) is 0 Å². The second kappa shape index (κ2) is 8.43. The molecule has 5 nitrogen and oxygen atoms in total. The molecule has 1 aliphatic heterocycles. The fourth-order valence-corrected chi connectivity index (χ4v) is 3.52. The number of hydrogen-bond donors (Lipinski definition) is 1. The Hall–Kier alpha value is -3.21. The van der Waals surface area contributed by atoms with E-state index in [9.17, 15) is 4.79 Å². The summed E-state index contributed by atoms with van der Waals surface area (Å²) < 4.78 is 0. The first kappa shape index (κ1) is 19.1. The van der Waals surface area contributed by atoms with Crippen molar-refractivity contribution in [3.8, 4) is 11.1 Å². The predicted molar refractivity (Wildman–Crippen MR) is 117 cm³/mol. The van der Waals surface area contributed by atoms with Gasteiger partial charge in [0.1, 0.15) is 0 Å². The number of benzene rings is 2. The number of rotatable bonds is 5. The molecule has 1 aliphatic rings. The topological polar surface area (TPSA) is 58.1 Å². The van der Waals surface area contributed by atoms with Crippen molar-refractivity contribution in [1.82, 2.24) is 9.97 Å². The normalized spacial score (nSPS) is 13.7. The second-order valence-corrected chi connectivity index (χ2v) is 7.77. The molecule has 1 amide bonds. The van der Waals surface area contributed by atoms with Crippen LogP contribution in [0, 0.1) is 0 Å². The highest BCUT2D eigenvalue weighted by atomic mass is 16.1. The molecule has 4 rings (SSSR count). The molecule has 1 fully saturated rings. The summed E-state index contributed by atoms with van der Waals surface area (Å²) in [6, 6.07) is 15.5.